The molecular weight excluding hydrogens is 248 g/mol. The topological polar surface area (TPSA) is 20.2 Å². The van der Waals surface area contributed by atoms with E-state index in [1.54, 1.807) is 22.7 Å². The lowest BCUT2D eigenvalue weighted by Gasteiger charge is -2.05. The van der Waals surface area contributed by atoms with Crippen LogP contribution in [0, 0.1) is 0 Å². The number of thiophene rings is 2. The lowest BCUT2D eigenvalue weighted by Crippen LogP contribution is -1.97. The minimum absolute atomic E-state index is 0.383. The minimum Gasteiger partial charge on any atom is -0.387 e. The molecule has 86 valence electrons. The number of hydrogen-bond donors (Lipinski definition) is 1. The summed E-state index contributed by atoms with van der Waals surface area (Å²) in [6, 6.07) is 14.4. The zero-order chi connectivity index (χ0) is 11.7. The van der Waals surface area contributed by atoms with Crippen molar-refractivity contribution in [1.82, 2.24) is 0 Å². The molecular formula is C14H12OS2. The van der Waals surface area contributed by atoms with E-state index >= 15 is 0 Å². The summed E-state index contributed by atoms with van der Waals surface area (Å²) in [5, 5.41) is 13.5. The second-order valence-corrected chi connectivity index (χ2v) is 6.13. The molecule has 0 saturated carbocycles. The minimum atomic E-state index is -0.383. The SMILES string of the molecule is OC(Cc1cccs1)c1cc2ccccc2s1. The van der Waals surface area contributed by atoms with Gasteiger partial charge in [0.05, 0.1) is 6.10 Å². The summed E-state index contributed by atoms with van der Waals surface area (Å²) in [5.41, 5.74) is 0. The van der Waals surface area contributed by atoms with Crippen molar-refractivity contribution in [1.29, 1.82) is 0 Å². The van der Waals surface area contributed by atoms with Crippen LogP contribution in [0.3, 0.4) is 0 Å². The summed E-state index contributed by atoms with van der Waals surface area (Å²) in [4.78, 5) is 2.29. The van der Waals surface area contributed by atoms with Gasteiger partial charge in [0.25, 0.3) is 0 Å². The van der Waals surface area contributed by atoms with E-state index in [9.17, 15) is 5.11 Å². The first-order valence-corrected chi connectivity index (χ1v) is 7.21. The largest absolute Gasteiger partial charge is 0.387 e. The summed E-state index contributed by atoms with van der Waals surface area (Å²) in [6.07, 6.45) is 0.329. The Bertz CT molecular complexity index is 577. The van der Waals surface area contributed by atoms with Crippen molar-refractivity contribution in [3.8, 4) is 0 Å². The van der Waals surface area contributed by atoms with Gasteiger partial charge in [-0.25, -0.2) is 0 Å². The maximum atomic E-state index is 10.2. The van der Waals surface area contributed by atoms with Crippen LogP contribution >= 0.6 is 22.7 Å². The van der Waals surface area contributed by atoms with Crippen molar-refractivity contribution in [3.05, 3.63) is 57.6 Å². The van der Waals surface area contributed by atoms with Crippen LogP contribution in [0.15, 0.2) is 47.8 Å². The van der Waals surface area contributed by atoms with Crippen molar-refractivity contribution < 1.29 is 5.11 Å². The average molecular weight is 260 g/mol. The monoisotopic (exact) mass is 260 g/mol. The highest BCUT2D eigenvalue weighted by molar-refractivity contribution is 7.19. The lowest BCUT2D eigenvalue weighted by molar-refractivity contribution is 0.183. The van der Waals surface area contributed by atoms with E-state index in [-0.39, 0.29) is 6.10 Å². The molecule has 2 aromatic heterocycles. The number of rotatable bonds is 3. The molecule has 17 heavy (non-hydrogen) atoms. The second kappa shape index (κ2) is 4.61. The van der Waals surface area contributed by atoms with Crippen molar-refractivity contribution in [2.45, 2.75) is 12.5 Å². The zero-order valence-corrected chi connectivity index (χ0v) is 10.8. The van der Waals surface area contributed by atoms with Gasteiger partial charge in [0.2, 0.25) is 0 Å². The van der Waals surface area contributed by atoms with E-state index in [0.717, 1.165) is 4.88 Å². The predicted molar refractivity (Wildman–Crippen MR) is 74.8 cm³/mol. The van der Waals surface area contributed by atoms with Crippen molar-refractivity contribution in [2.75, 3.05) is 0 Å². The number of hydrogen-bond acceptors (Lipinski definition) is 3. The molecule has 3 heteroatoms. The first-order valence-electron chi connectivity index (χ1n) is 5.52. The standard InChI is InChI=1S/C14H12OS2/c15-12(9-11-5-3-7-16-11)14-8-10-4-1-2-6-13(10)17-14/h1-8,12,15H,9H2. The van der Waals surface area contributed by atoms with Gasteiger partial charge < -0.3 is 5.11 Å². The maximum Gasteiger partial charge on any atom is 0.0930 e. The van der Waals surface area contributed by atoms with E-state index < -0.39 is 0 Å². The van der Waals surface area contributed by atoms with Gasteiger partial charge in [-0.2, -0.15) is 0 Å². The third kappa shape index (κ3) is 2.27. The second-order valence-electron chi connectivity index (χ2n) is 3.99. The molecule has 0 radical (unpaired) electrons. The van der Waals surface area contributed by atoms with E-state index in [1.807, 2.05) is 23.6 Å². The molecule has 0 spiro atoms. The number of benzene rings is 1. The summed E-state index contributed by atoms with van der Waals surface area (Å²) < 4.78 is 1.24. The molecule has 0 aliphatic rings. The van der Waals surface area contributed by atoms with E-state index in [0.29, 0.717) is 6.42 Å². The van der Waals surface area contributed by atoms with Gasteiger partial charge >= 0.3 is 0 Å². The van der Waals surface area contributed by atoms with Gasteiger partial charge in [-0.3, -0.25) is 0 Å². The Hall–Kier alpha value is -1.16. The van der Waals surface area contributed by atoms with Crippen LogP contribution in [-0.2, 0) is 6.42 Å². The fourth-order valence-corrected chi connectivity index (χ4v) is 3.68. The van der Waals surface area contributed by atoms with Crippen LogP contribution in [0.1, 0.15) is 15.9 Å². The van der Waals surface area contributed by atoms with Crippen molar-refractivity contribution in [2.24, 2.45) is 0 Å². The third-order valence-corrected chi connectivity index (χ3v) is 4.86. The normalized spacial score (nSPS) is 13.0. The number of aliphatic hydroxyl groups is 1. The van der Waals surface area contributed by atoms with E-state index in [1.165, 1.54) is 15.0 Å². The summed E-state index contributed by atoms with van der Waals surface area (Å²) >= 11 is 3.38. The van der Waals surface area contributed by atoms with Crippen LogP contribution < -0.4 is 0 Å². The molecule has 0 amide bonds. The highest BCUT2D eigenvalue weighted by Crippen LogP contribution is 2.31. The molecule has 2 heterocycles. The molecule has 0 bridgehead atoms. The Morgan fingerprint density at radius 2 is 2.00 bits per heavy atom. The van der Waals surface area contributed by atoms with Crippen LogP contribution in [0.2, 0.25) is 0 Å². The molecule has 0 aliphatic carbocycles. The first kappa shape index (κ1) is 11.0. The van der Waals surface area contributed by atoms with Crippen LogP contribution in [-0.4, -0.2) is 5.11 Å². The Kier molecular flexibility index (Phi) is 2.97. The molecule has 1 N–H and O–H groups in total. The van der Waals surface area contributed by atoms with Gasteiger partial charge in [-0.15, -0.1) is 22.7 Å². The van der Waals surface area contributed by atoms with E-state index in [2.05, 4.69) is 24.3 Å². The van der Waals surface area contributed by atoms with Gasteiger partial charge in [-0.05, 0) is 29.0 Å². The molecule has 1 atom stereocenters. The first-order chi connectivity index (χ1) is 8.33. The highest BCUT2D eigenvalue weighted by atomic mass is 32.1. The quantitative estimate of drug-likeness (QED) is 0.747. The van der Waals surface area contributed by atoms with Crippen molar-refractivity contribution in [3.63, 3.8) is 0 Å². The average Bonchev–Trinajstić information content (AvgIpc) is 2.96. The number of aliphatic hydroxyl groups excluding tert-OH is 1. The molecule has 1 nitrogen and oxygen atoms in total. The Morgan fingerprint density at radius 3 is 2.76 bits per heavy atom. The van der Waals surface area contributed by atoms with Gasteiger partial charge in [0.15, 0.2) is 0 Å². The molecule has 3 rings (SSSR count). The summed E-state index contributed by atoms with van der Waals surface area (Å²) in [5.74, 6) is 0. The molecule has 0 aliphatic heterocycles. The fraction of sp³-hybridized carbons (Fsp3) is 0.143. The molecule has 0 fully saturated rings. The Labute approximate surface area is 108 Å². The predicted octanol–water partition coefficient (Wildman–Crippen LogP) is 4.24. The van der Waals surface area contributed by atoms with E-state index in [4.69, 9.17) is 0 Å². The lowest BCUT2D eigenvalue weighted by atomic mass is 10.1. The fourth-order valence-electron chi connectivity index (χ4n) is 1.89. The molecule has 1 unspecified atom stereocenters. The van der Waals surface area contributed by atoms with Crippen LogP contribution in [0.25, 0.3) is 10.1 Å². The van der Waals surface area contributed by atoms with Gasteiger partial charge in [0.1, 0.15) is 0 Å². The van der Waals surface area contributed by atoms with Gasteiger partial charge in [-0.1, -0.05) is 24.3 Å². The highest BCUT2D eigenvalue weighted by Gasteiger charge is 2.12. The maximum absolute atomic E-state index is 10.2. The van der Waals surface area contributed by atoms with Crippen molar-refractivity contribution >= 4 is 32.8 Å². The van der Waals surface area contributed by atoms with Crippen LogP contribution in [0.5, 0.6) is 0 Å². The smallest absolute Gasteiger partial charge is 0.0930 e. The Morgan fingerprint density at radius 1 is 1.12 bits per heavy atom. The molecule has 0 saturated heterocycles. The van der Waals surface area contributed by atoms with Crippen LogP contribution in [0.4, 0.5) is 0 Å². The zero-order valence-electron chi connectivity index (χ0n) is 9.17. The molecule has 3 aromatic rings. The van der Waals surface area contributed by atoms with Gasteiger partial charge in [0, 0.05) is 20.9 Å². The number of fused-ring (bicyclic) bond motifs is 1. The Balaban J connectivity index is 1.88. The molecule has 1 aromatic carbocycles. The summed E-state index contributed by atoms with van der Waals surface area (Å²) in [6.45, 7) is 0. The summed E-state index contributed by atoms with van der Waals surface area (Å²) in [7, 11) is 0. The third-order valence-electron chi connectivity index (χ3n) is 2.75.